The van der Waals surface area contributed by atoms with E-state index >= 15 is 0 Å². The van der Waals surface area contributed by atoms with Crippen LogP contribution in [0, 0.1) is 0 Å². The summed E-state index contributed by atoms with van der Waals surface area (Å²) in [5.74, 6) is -1.34. The largest absolute Gasteiger partial charge is 0.387 e. The lowest BCUT2D eigenvalue weighted by molar-refractivity contribution is -0.0182. The van der Waals surface area contributed by atoms with E-state index in [1.807, 2.05) is 0 Å². The number of aromatic nitrogens is 4. The fraction of sp³-hybridized carbons (Fsp3) is 0.545. The smallest absolute Gasteiger partial charge is 0.340 e. The number of aliphatic hydroxyl groups excluding tert-OH is 2. The first-order valence-electron chi connectivity index (χ1n) is 7.45. The first-order chi connectivity index (χ1) is 12.5. The standard InChI is InChI=1S/C11H17N5O9P2/c12-11-14-3-13-10-5(1-15-16(10)11)9-8(18)7(17)6(25-9)2-24-27(22,23)4-26(19,20)21/h1,3,6-9,17-18H,2,4H2,(H,22,23)(H2,12,13,14)(H2,19,20,21)/t6-,7-,8-,9+/m1/s1. The average Bonchev–Trinajstić information content (AvgIpc) is 3.07. The highest BCUT2D eigenvalue weighted by Gasteiger charge is 2.46. The van der Waals surface area contributed by atoms with Crippen molar-refractivity contribution in [1.82, 2.24) is 19.6 Å². The molecular weight excluding hydrogens is 408 g/mol. The molecule has 2 aromatic rings. The van der Waals surface area contributed by atoms with Crippen LogP contribution in [0.4, 0.5) is 5.95 Å². The zero-order valence-electron chi connectivity index (χ0n) is 13.5. The van der Waals surface area contributed by atoms with Crippen molar-refractivity contribution >= 4 is 26.8 Å². The molecule has 0 saturated carbocycles. The maximum Gasteiger partial charge on any atom is 0.340 e. The van der Waals surface area contributed by atoms with E-state index in [-0.39, 0.29) is 11.6 Å². The van der Waals surface area contributed by atoms with E-state index in [4.69, 9.17) is 20.3 Å². The van der Waals surface area contributed by atoms with Crippen LogP contribution in [0.3, 0.4) is 0 Å². The Morgan fingerprint density at radius 3 is 2.59 bits per heavy atom. The molecule has 0 bridgehead atoms. The Kier molecular flexibility index (Phi) is 5.38. The zero-order chi connectivity index (χ0) is 20.0. The molecule has 0 aromatic carbocycles. The van der Waals surface area contributed by atoms with Gasteiger partial charge in [-0.3, -0.25) is 9.13 Å². The predicted molar refractivity (Wildman–Crippen MR) is 87.5 cm³/mol. The van der Waals surface area contributed by atoms with Crippen molar-refractivity contribution in [3.8, 4) is 0 Å². The number of hydrogen-bond acceptors (Lipinski definition) is 10. The van der Waals surface area contributed by atoms with Gasteiger partial charge in [-0.15, -0.1) is 0 Å². The van der Waals surface area contributed by atoms with Gasteiger partial charge in [-0.25, -0.2) is 9.97 Å². The second-order valence-corrected chi connectivity index (χ2v) is 9.88. The number of nitrogen functional groups attached to an aromatic ring is 1. The molecule has 27 heavy (non-hydrogen) atoms. The molecule has 3 heterocycles. The van der Waals surface area contributed by atoms with Gasteiger partial charge < -0.3 is 39.9 Å². The average molecular weight is 425 g/mol. The summed E-state index contributed by atoms with van der Waals surface area (Å²) in [7, 11) is -9.42. The topological polar surface area (TPSA) is 223 Å². The van der Waals surface area contributed by atoms with Crippen molar-refractivity contribution in [3.63, 3.8) is 0 Å². The molecule has 1 aliphatic rings. The summed E-state index contributed by atoms with van der Waals surface area (Å²) in [6.07, 6.45) is -2.79. The molecule has 1 fully saturated rings. The molecule has 14 nitrogen and oxygen atoms in total. The Labute approximate surface area is 151 Å². The first-order valence-corrected chi connectivity index (χ1v) is 11.0. The summed E-state index contributed by atoms with van der Waals surface area (Å²) in [6, 6.07) is 0. The van der Waals surface area contributed by atoms with Crippen molar-refractivity contribution in [2.75, 3.05) is 18.2 Å². The Morgan fingerprint density at radius 1 is 1.22 bits per heavy atom. The predicted octanol–water partition coefficient (Wildman–Crippen LogP) is -1.79. The van der Waals surface area contributed by atoms with Gasteiger partial charge in [0.05, 0.1) is 12.8 Å². The highest BCUT2D eigenvalue weighted by atomic mass is 31.2. The summed E-state index contributed by atoms with van der Waals surface area (Å²) >= 11 is 0. The third-order valence-corrected chi connectivity index (χ3v) is 7.29. The number of ether oxygens (including phenoxy) is 1. The van der Waals surface area contributed by atoms with Crippen LogP contribution in [-0.2, 0) is 18.4 Å². The van der Waals surface area contributed by atoms with E-state index in [1.165, 1.54) is 17.0 Å². The molecule has 3 rings (SSSR count). The van der Waals surface area contributed by atoms with Gasteiger partial charge in [0.25, 0.3) is 0 Å². The molecule has 5 atom stereocenters. The number of anilines is 1. The van der Waals surface area contributed by atoms with Crippen molar-refractivity contribution < 1.29 is 43.3 Å². The van der Waals surface area contributed by atoms with Crippen LogP contribution in [0.2, 0.25) is 0 Å². The van der Waals surface area contributed by atoms with Crippen LogP contribution in [0.5, 0.6) is 0 Å². The van der Waals surface area contributed by atoms with Gasteiger partial charge in [0.1, 0.15) is 30.7 Å². The highest BCUT2D eigenvalue weighted by Crippen LogP contribution is 2.55. The summed E-state index contributed by atoms with van der Waals surface area (Å²) in [4.78, 5) is 34.8. The molecule has 0 spiro atoms. The fourth-order valence-electron chi connectivity index (χ4n) is 2.66. The number of aliphatic hydroxyl groups is 2. The van der Waals surface area contributed by atoms with E-state index in [0.29, 0.717) is 5.56 Å². The van der Waals surface area contributed by atoms with Gasteiger partial charge >= 0.3 is 15.2 Å². The Morgan fingerprint density at radius 2 is 1.93 bits per heavy atom. The number of rotatable bonds is 6. The third-order valence-electron chi connectivity index (χ3n) is 3.83. The highest BCUT2D eigenvalue weighted by molar-refractivity contribution is 7.70. The lowest BCUT2D eigenvalue weighted by atomic mass is 10.0. The van der Waals surface area contributed by atoms with Crippen LogP contribution in [-0.4, -0.2) is 75.3 Å². The van der Waals surface area contributed by atoms with E-state index in [1.54, 1.807) is 0 Å². The normalized spacial score (nSPS) is 28.5. The second-order valence-electron chi connectivity index (χ2n) is 5.88. The van der Waals surface area contributed by atoms with Crippen LogP contribution < -0.4 is 5.73 Å². The van der Waals surface area contributed by atoms with Crippen molar-refractivity contribution in [2.45, 2.75) is 24.4 Å². The van der Waals surface area contributed by atoms with Crippen LogP contribution in [0.25, 0.3) is 5.65 Å². The summed E-state index contributed by atoms with van der Waals surface area (Å²) in [5, 5.41) is 24.3. The SMILES string of the molecule is Nc1ncnc2c([C@@H]3O[C@H](COP(=O)(O)CP(=O)(O)O)[C@@H](O)[C@H]3O)cnn12. The summed E-state index contributed by atoms with van der Waals surface area (Å²) in [6.45, 7) is -0.682. The summed E-state index contributed by atoms with van der Waals surface area (Å²) in [5.41, 5.74) is 6.18. The van der Waals surface area contributed by atoms with Crippen LogP contribution in [0.15, 0.2) is 12.5 Å². The van der Waals surface area contributed by atoms with Crippen molar-refractivity contribution in [1.29, 1.82) is 0 Å². The monoisotopic (exact) mass is 425 g/mol. The third kappa shape index (κ3) is 4.35. The molecule has 2 aromatic heterocycles. The molecule has 0 amide bonds. The molecule has 1 aliphatic heterocycles. The number of fused-ring (bicyclic) bond motifs is 1. The Bertz CT molecular complexity index is 932. The Balaban J connectivity index is 1.75. The minimum Gasteiger partial charge on any atom is -0.387 e. The van der Waals surface area contributed by atoms with Gasteiger partial charge in [0, 0.05) is 5.56 Å². The van der Waals surface area contributed by atoms with Crippen LogP contribution in [0.1, 0.15) is 11.7 Å². The summed E-state index contributed by atoms with van der Waals surface area (Å²) < 4.78 is 33.9. The molecule has 0 aliphatic carbocycles. The van der Waals surface area contributed by atoms with Crippen molar-refractivity contribution in [3.05, 3.63) is 18.1 Å². The number of nitrogens with zero attached hydrogens (tertiary/aromatic N) is 4. The van der Waals surface area contributed by atoms with Crippen molar-refractivity contribution in [2.24, 2.45) is 0 Å². The number of hydrogen-bond donors (Lipinski definition) is 6. The maximum atomic E-state index is 11.7. The fourth-order valence-corrected chi connectivity index (χ4v) is 5.23. The molecule has 16 heteroatoms. The molecular formula is C11H17N5O9P2. The van der Waals surface area contributed by atoms with Crippen LogP contribution >= 0.6 is 15.2 Å². The first kappa shape index (κ1) is 20.3. The minimum atomic E-state index is -4.79. The Hall–Kier alpha value is -1.47. The molecule has 1 unspecified atom stereocenters. The van der Waals surface area contributed by atoms with Gasteiger partial charge in [-0.1, -0.05) is 0 Å². The van der Waals surface area contributed by atoms with E-state index in [0.717, 1.165) is 0 Å². The molecule has 150 valence electrons. The lowest BCUT2D eigenvalue weighted by Crippen LogP contribution is -2.33. The molecule has 0 radical (unpaired) electrons. The minimum absolute atomic E-state index is 0.0397. The van der Waals surface area contributed by atoms with Gasteiger partial charge in [-0.2, -0.15) is 9.61 Å². The quantitative estimate of drug-likeness (QED) is 0.282. The van der Waals surface area contributed by atoms with E-state index in [2.05, 4.69) is 19.6 Å². The van der Waals surface area contributed by atoms with Gasteiger partial charge in [0.15, 0.2) is 11.6 Å². The van der Waals surface area contributed by atoms with Gasteiger partial charge in [-0.05, 0) is 0 Å². The maximum absolute atomic E-state index is 11.7. The van der Waals surface area contributed by atoms with Gasteiger partial charge in [0.2, 0.25) is 5.95 Å². The van der Waals surface area contributed by atoms with E-state index < -0.39 is 52.1 Å². The second kappa shape index (κ2) is 7.17. The zero-order valence-corrected chi connectivity index (χ0v) is 15.3. The lowest BCUT2D eigenvalue weighted by Gasteiger charge is -2.18. The van der Waals surface area contributed by atoms with E-state index in [9.17, 15) is 24.2 Å². The molecule has 1 saturated heterocycles. The number of nitrogens with two attached hydrogens (primary N) is 1. The molecule has 7 N–H and O–H groups in total.